The number of pyridine rings is 1. The van der Waals surface area contributed by atoms with Crippen LogP contribution in [0, 0.1) is 5.82 Å². The van der Waals surface area contributed by atoms with Crippen LogP contribution in [-0.2, 0) is 6.18 Å². The lowest BCUT2D eigenvalue weighted by Gasteiger charge is -2.18. The smallest absolute Gasteiger partial charge is 0.431 e. The van der Waals surface area contributed by atoms with Gasteiger partial charge in [-0.05, 0) is 24.3 Å². The van der Waals surface area contributed by atoms with Crippen LogP contribution >= 0.6 is 0 Å². The van der Waals surface area contributed by atoms with Gasteiger partial charge in [0.15, 0.2) is 5.82 Å². The Labute approximate surface area is 116 Å². The number of hydrogen-bond acceptors (Lipinski definition) is 3. The summed E-state index contributed by atoms with van der Waals surface area (Å²) < 4.78 is 58.1. The molecular formula is C13H10F4N2O2. The summed E-state index contributed by atoms with van der Waals surface area (Å²) in [4.78, 5) is 12.0. The Balaban J connectivity index is 2.93. The van der Waals surface area contributed by atoms with Crippen LogP contribution in [0.3, 0.4) is 0 Å². The molecule has 8 heteroatoms. The summed E-state index contributed by atoms with van der Waals surface area (Å²) in [6.45, 7) is 0. The Kier molecular flexibility index (Phi) is 3.63. The average molecular weight is 302 g/mol. The molecule has 0 saturated heterocycles. The van der Waals surface area contributed by atoms with Crippen molar-refractivity contribution >= 4 is 5.69 Å². The first-order valence-corrected chi connectivity index (χ1v) is 5.69. The number of halogens is 4. The van der Waals surface area contributed by atoms with Crippen molar-refractivity contribution in [2.24, 2.45) is 0 Å². The van der Waals surface area contributed by atoms with Gasteiger partial charge in [-0.2, -0.15) is 13.2 Å². The number of hydrogen-bond donors (Lipinski definition) is 1. The number of nitrogen functional groups attached to an aromatic ring is 1. The van der Waals surface area contributed by atoms with E-state index in [1.165, 1.54) is 12.1 Å². The molecule has 2 rings (SSSR count). The normalized spacial score (nSPS) is 11.5. The summed E-state index contributed by atoms with van der Waals surface area (Å²) in [7, 11) is 1.16. The van der Waals surface area contributed by atoms with Crippen LogP contribution in [0.4, 0.5) is 23.2 Å². The minimum atomic E-state index is -4.86. The highest BCUT2D eigenvalue weighted by atomic mass is 19.4. The molecule has 0 fully saturated rings. The van der Waals surface area contributed by atoms with Gasteiger partial charge >= 0.3 is 6.18 Å². The predicted octanol–water partition coefficient (Wildman–Crippen LogP) is 2.59. The molecule has 1 aromatic carbocycles. The Bertz CT molecular complexity index is 738. The molecule has 2 N–H and O–H groups in total. The molecular weight excluding hydrogens is 292 g/mol. The molecule has 0 atom stereocenters. The van der Waals surface area contributed by atoms with Crippen molar-refractivity contribution in [2.45, 2.75) is 6.18 Å². The summed E-state index contributed by atoms with van der Waals surface area (Å²) in [6, 6.07) is 4.86. The second-order valence-corrected chi connectivity index (χ2v) is 4.10. The van der Waals surface area contributed by atoms with Gasteiger partial charge in [0.2, 0.25) is 0 Å². The molecule has 1 heterocycles. The lowest BCUT2D eigenvalue weighted by Crippen LogP contribution is -2.29. The third-order valence-corrected chi connectivity index (χ3v) is 2.80. The van der Waals surface area contributed by atoms with Crippen LogP contribution in [0.1, 0.15) is 5.69 Å². The topological polar surface area (TPSA) is 57.2 Å². The maximum atomic E-state index is 14.0. The molecule has 0 aliphatic carbocycles. The van der Waals surface area contributed by atoms with Gasteiger partial charge in [0.1, 0.15) is 17.1 Å². The van der Waals surface area contributed by atoms with Crippen molar-refractivity contribution in [3.63, 3.8) is 0 Å². The number of anilines is 1. The molecule has 1 aromatic heterocycles. The number of methoxy groups -OCH3 is 1. The molecule has 0 spiro atoms. The van der Waals surface area contributed by atoms with E-state index in [2.05, 4.69) is 0 Å². The second kappa shape index (κ2) is 5.12. The molecule has 4 nitrogen and oxygen atoms in total. The Morgan fingerprint density at radius 2 is 1.86 bits per heavy atom. The van der Waals surface area contributed by atoms with E-state index >= 15 is 0 Å². The summed E-state index contributed by atoms with van der Waals surface area (Å²) in [5, 5.41) is 0. The number of nitrogens with two attached hydrogens (primary N) is 1. The summed E-state index contributed by atoms with van der Waals surface area (Å²) in [5.41, 5.74) is 1.76. The highest BCUT2D eigenvalue weighted by Crippen LogP contribution is 2.33. The molecule has 0 unspecified atom stereocenters. The van der Waals surface area contributed by atoms with Crippen LogP contribution in [0.25, 0.3) is 5.69 Å². The van der Waals surface area contributed by atoms with Gasteiger partial charge in [-0.3, -0.25) is 9.36 Å². The fourth-order valence-electron chi connectivity index (χ4n) is 1.87. The van der Waals surface area contributed by atoms with E-state index in [0.29, 0.717) is 6.07 Å². The van der Waals surface area contributed by atoms with Crippen molar-refractivity contribution in [1.82, 2.24) is 4.57 Å². The monoisotopic (exact) mass is 302 g/mol. The van der Waals surface area contributed by atoms with Crippen LogP contribution in [0.5, 0.6) is 5.75 Å². The van der Waals surface area contributed by atoms with Crippen LogP contribution in [-0.4, -0.2) is 11.7 Å². The molecule has 0 saturated carbocycles. The van der Waals surface area contributed by atoms with Gasteiger partial charge in [0.05, 0.1) is 12.8 Å². The highest BCUT2D eigenvalue weighted by Gasteiger charge is 2.36. The van der Waals surface area contributed by atoms with Crippen molar-refractivity contribution in [3.05, 3.63) is 52.2 Å². The van der Waals surface area contributed by atoms with E-state index in [1.807, 2.05) is 0 Å². The lowest BCUT2D eigenvalue weighted by molar-refractivity contribution is -0.142. The molecule has 21 heavy (non-hydrogen) atoms. The van der Waals surface area contributed by atoms with Gasteiger partial charge in [0.25, 0.3) is 5.56 Å². The van der Waals surface area contributed by atoms with Crippen LogP contribution < -0.4 is 16.0 Å². The van der Waals surface area contributed by atoms with E-state index in [0.717, 1.165) is 19.2 Å². The van der Waals surface area contributed by atoms with Crippen LogP contribution in [0.15, 0.2) is 35.1 Å². The fourth-order valence-corrected chi connectivity index (χ4v) is 1.87. The number of rotatable bonds is 2. The lowest BCUT2D eigenvalue weighted by atomic mass is 10.2. The van der Waals surface area contributed by atoms with Gasteiger partial charge in [-0.1, -0.05) is 6.07 Å². The fraction of sp³-hybridized carbons (Fsp3) is 0.154. The number of aromatic nitrogens is 1. The standard InChI is InChI=1S/C13H10F4N2O2/c1-21-9-4-2-3-7(14)11(9)19-10(13(15,16)17)6-5-8(18)12(19)20/h2-6H,18H2,1H3. The van der Waals surface area contributed by atoms with Gasteiger partial charge < -0.3 is 10.5 Å². The zero-order chi connectivity index (χ0) is 15.8. The zero-order valence-electron chi connectivity index (χ0n) is 10.7. The number of nitrogens with zero attached hydrogens (tertiary/aromatic N) is 1. The molecule has 0 bridgehead atoms. The minimum Gasteiger partial charge on any atom is -0.494 e. The minimum absolute atomic E-state index is 0.170. The molecule has 0 radical (unpaired) electrons. The van der Waals surface area contributed by atoms with Crippen LogP contribution in [0.2, 0.25) is 0 Å². The third kappa shape index (κ3) is 2.56. The molecule has 2 aromatic rings. The number of benzene rings is 1. The van der Waals surface area contributed by atoms with E-state index in [4.69, 9.17) is 10.5 Å². The highest BCUT2D eigenvalue weighted by molar-refractivity contribution is 5.52. The first-order chi connectivity index (χ1) is 9.77. The SMILES string of the molecule is COc1cccc(F)c1-n1c(C(F)(F)F)ccc(N)c1=O. The largest absolute Gasteiger partial charge is 0.494 e. The predicted molar refractivity (Wildman–Crippen MR) is 68.0 cm³/mol. The zero-order valence-corrected chi connectivity index (χ0v) is 10.7. The number of alkyl halides is 3. The maximum Gasteiger partial charge on any atom is 0.431 e. The maximum absolute atomic E-state index is 14.0. The van der Waals surface area contributed by atoms with Gasteiger partial charge in [-0.25, -0.2) is 4.39 Å². The van der Waals surface area contributed by atoms with E-state index < -0.39 is 34.6 Å². The third-order valence-electron chi connectivity index (χ3n) is 2.80. The van der Waals surface area contributed by atoms with Crippen molar-refractivity contribution in [1.29, 1.82) is 0 Å². The number of ether oxygens (including phenoxy) is 1. The average Bonchev–Trinajstić information content (AvgIpc) is 2.40. The quantitative estimate of drug-likeness (QED) is 0.868. The van der Waals surface area contributed by atoms with Crippen molar-refractivity contribution in [2.75, 3.05) is 12.8 Å². The van der Waals surface area contributed by atoms with E-state index in [-0.39, 0.29) is 10.3 Å². The molecule has 112 valence electrons. The molecule has 0 aliphatic rings. The Morgan fingerprint density at radius 3 is 2.43 bits per heavy atom. The summed E-state index contributed by atoms with van der Waals surface area (Å²) in [5.74, 6) is -1.25. The first-order valence-electron chi connectivity index (χ1n) is 5.69. The molecule has 0 amide bonds. The summed E-state index contributed by atoms with van der Waals surface area (Å²) in [6.07, 6.45) is -4.86. The van der Waals surface area contributed by atoms with E-state index in [1.54, 1.807) is 0 Å². The van der Waals surface area contributed by atoms with Crippen molar-refractivity contribution < 1.29 is 22.3 Å². The second-order valence-electron chi connectivity index (χ2n) is 4.10. The number of para-hydroxylation sites is 1. The Hall–Kier alpha value is -2.51. The van der Waals surface area contributed by atoms with Gasteiger partial charge in [-0.15, -0.1) is 0 Å². The van der Waals surface area contributed by atoms with E-state index in [9.17, 15) is 22.4 Å². The summed E-state index contributed by atoms with van der Waals surface area (Å²) >= 11 is 0. The van der Waals surface area contributed by atoms with Gasteiger partial charge in [0, 0.05) is 0 Å². The molecule has 0 aliphatic heterocycles. The first kappa shape index (κ1) is 14.9. The Morgan fingerprint density at radius 1 is 1.19 bits per heavy atom. The van der Waals surface area contributed by atoms with Crippen molar-refractivity contribution in [3.8, 4) is 11.4 Å².